The SMILES string of the molecule is COCCC(=O)N1CCC(NC(=O)N2CC(C(C)C)c3ccccc32)CC1. The third kappa shape index (κ3) is 4.43. The van der Waals surface area contributed by atoms with E-state index in [1.165, 1.54) is 5.56 Å². The normalized spacial score (nSPS) is 20.1. The minimum atomic E-state index is -0.0187. The number of likely N-dealkylation sites (tertiary alicyclic amines) is 1. The zero-order valence-corrected chi connectivity index (χ0v) is 16.6. The molecule has 6 nitrogen and oxygen atoms in total. The van der Waals surface area contributed by atoms with Crippen LogP contribution < -0.4 is 10.2 Å². The number of rotatable bonds is 5. The number of hydrogen-bond donors (Lipinski definition) is 1. The molecule has 3 amide bonds. The van der Waals surface area contributed by atoms with Gasteiger partial charge in [-0.05, 0) is 30.4 Å². The molecule has 1 N–H and O–H groups in total. The summed E-state index contributed by atoms with van der Waals surface area (Å²) in [6.07, 6.45) is 2.02. The highest BCUT2D eigenvalue weighted by atomic mass is 16.5. The number of piperidine rings is 1. The van der Waals surface area contributed by atoms with Crippen LogP contribution in [0.2, 0.25) is 0 Å². The molecule has 1 aromatic carbocycles. The molecular weight excluding hydrogens is 342 g/mol. The first-order valence-electron chi connectivity index (χ1n) is 9.95. The van der Waals surface area contributed by atoms with Crippen molar-refractivity contribution in [1.29, 1.82) is 0 Å². The zero-order chi connectivity index (χ0) is 19.4. The van der Waals surface area contributed by atoms with E-state index in [9.17, 15) is 9.59 Å². The van der Waals surface area contributed by atoms with E-state index >= 15 is 0 Å². The molecule has 0 saturated carbocycles. The Morgan fingerprint density at radius 1 is 1.22 bits per heavy atom. The van der Waals surface area contributed by atoms with Gasteiger partial charge in [0.2, 0.25) is 5.91 Å². The van der Waals surface area contributed by atoms with E-state index < -0.39 is 0 Å². The lowest BCUT2D eigenvalue weighted by atomic mass is 9.90. The van der Waals surface area contributed by atoms with Crippen molar-refractivity contribution >= 4 is 17.6 Å². The summed E-state index contributed by atoms with van der Waals surface area (Å²) in [5.74, 6) is 1.01. The molecule has 148 valence electrons. The van der Waals surface area contributed by atoms with E-state index in [1.54, 1.807) is 7.11 Å². The Kier molecular flexibility index (Phi) is 6.37. The quantitative estimate of drug-likeness (QED) is 0.863. The van der Waals surface area contributed by atoms with E-state index in [1.807, 2.05) is 28.0 Å². The average Bonchev–Trinajstić information content (AvgIpc) is 3.07. The minimum Gasteiger partial charge on any atom is -0.384 e. The van der Waals surface area contributed by atoms with Crippen molar-refractivity contribution in [1.82, 2.24) is 10.2 Å². The maximum atomic E-state index is 12.9. The van der Waals surface area contributed by atoms with Gasteiger partial charge >= 0.3 is 6.03 Å². The summed E-state index contributed by atoms with van der Waals surface area (Å²) in [7, 11) is 1.61. The number of fused-ring (bicyclic) bond motifs is 1. The number of anilines is 1. The fraction of sp³-hybridized carbons (Fsp3) is 0.619. The van der Waals surface area contributed by atoms with Gasteiger partial charge < -0.3 is 15.0 Å². The highest BCUT2D eigenvalue weighted by molar-refractivity contribution is 5.94. The van der Waals surface area contributed by atoms with E-state index in [4.69, 9.17) is 4.74 Å². The number of amides is 3. The van der Waals surface area contributed by atoms with Gasteiger partial charge in [0.1, 0.15) is 0 Å². The summed E-state index contributed by atoms with van der Waals surface area (Å²) in [5, 5.41) is 3.19. The molecule has 27 heavy (non-hydrogen) atoms. The molecule has 1 saturated heterocycles. The van der Waals surface area contributed by atoms with Gasteiger partial charge in [-0.1, -0.05) is 32.0 Å². The summed E-state index contributed by atoms with van der Waals surface area (Å²) in [4.78, 5) is 28.8. The second kappa shape index (κ2) is 8.74. The van der Waals surface area contributed by atoms with Crippen LogP contribution in [0.4, 0.5) is 10.5 Å². The third-order valence-corrected chi connectivity index (χ3v) is 5.75. The van der Waals surface area contributed by atoms with Crippen LogP contribution in [-0.2, 0) is 9.53 Å². The van der Waals surface area contributed by atoms with Gasteiger partial charge in [-0.15, -0.1) is 0 Å². The molecule has 0 aliphatic carbocycles. The first kappa shape index (κ1) is 19.7. The van der Waals surface area contributed by atoms with Crippen molar-refractivity contribution in [2.24, 2.45) is 5.92 Å². The standard InChI is InChI=1S/C21H31N3O3/c1-15(2)18-14-24(19-7-5-4-6-17(18)19)21(26)22-16-8-11-23(12-9-16)20(25)10-13-27-3/h4-7,15-16,18H,8-14H2,1-3H3,(H,22,26). The smallest absolute Gasteiger partial charge is 0.322 e. The molecule has 1 fully saturated rings. The molecule has 1 unspecified atom stereocenters. The van der Waals surface area contributed by atoms with E-state index in [0.717, 1.165) is 25.1 Å². The third-order valence-electron chi connectivity index (χ3n) is 5.75. The van der Waals surface area contributed by atoms with Crippen LogP contribution in [0.1, 0.15) is 44.6 Å². The second-order valence-electron chi connectivity index (χ2n) is 7.87. The lowest BCUT2D eigenvalue weighted by molar-refractivity contribution is -0.133. The molecular formula is C21H31N3O3. The van der Waals surface area contributed by atoms with Crippen molar-refractivity contribution in [3.8, 4) is 0 Å². The maximum Gasteiger partial charge on any atom is 0.322 e. The van der Waals surface area contributed by atoms with E-state index in [2.05, 4.69) is 25.2 Å². The summed E-state index contributed by atoms with van der Waals surface area (Å²) in [6, 6.07) is 8.31. The Bertz CT molecular complexity index is 668. The van der Waals surface area contributed by atoms with Crippen LogP contribution >= 0.6 is 0 Å². The number of nitrogens with zero attached hydrogens (tertiary/aromatic N) is 2. The van der Waals surface area contributed by atoms with Gasteiger partial charge in [0.15, 0.2) is 0 Å². The van der Waals surface area contributed by atoms with Crippen molar-refractivity contribution in [2.45, 2.75) is 45.1 Å². The number of ether oxygens (including phenoxy) is 1. The van der Waals surface area contributed by atoms with Gasteiger partial charge in [0.05, 0.1) is 13.0 Å². The van der Waals surface area contributed by atoms with E-state index in [0.29, 0.717) is 38.0 Å². The highest BCUT2D eigenvalue weighted by Gasteiger charge is 2.34. The summed E-state index contributed by atoms with van der Waals surface area (Å²) in [5.41, 5.74) is 2.29. The zero-order valence-electron chi connectivity index (χ0n) is 16.6. The molecule has 0 radical (unpaired) electrons. The number of carbonyl (C=O) groups is 2. The Morgan fingerprint density at radius 2 is 1.93 bits per heavy atom. The summed E-state index contributed by atoms with van der Waals surface area (Å²) in [6.45, 7) is 6.99. The molecule has 1 atom stereocenters. The van der Waals surface area contributed by atoms with Crippen molar-refractivity contribution in [3.05, 3.63) is 29.8 Å². The lowest BCUT2D eigenvalue weighted by Gasteiger charge is -2.33. The molecule has 0 aromatic heterocycles. The number of benzene rings is 1. The first-order chi connectivity index (χ1) is 13.0. The molecule has 0 bridgehead atoms. The largest absolute Gasteiger partial charge is 0.384 e. The number of urea groups is 1. The van der Waals surface area contributed by atoms with Gasteiger partial charge in [-0.2, -0.15) is 0 Å². The summed E-state index contributed by atoms with van der Waals surface area (Å²) >= 11 is 0. The number of carbonyl (C=O) groups excluding carboxylic acids is 2. The average molecular weight is 373 g/mol. The first-order valence-corrected chi connectivity index (χ1v) is 9.95. The molecule has 0 spiro atoms. The van der Waals surface area contributed by atoms with Gasteiger partial charge in [0.25, 0.3) is 0 Å². The van der Waals surface area contributed by atoms with Gasteiger partial charge in [-0.25, -0.2) is 4.79 Å². The molecule has 2 aliphatic heterocycles. The Balaban J connectivity index is 1.55. The molecule has 2 aliphatic rings. The predicted octanol–water partition coefficient (Wildman–Crippen LogP) is 2.98. The number of methoxy groups -OCH3 is 1. The van der Waals surface area contributed by atoms with Crippen LogP contribution in [0.25, 0.3) is 0 Å². The monoisotopic (exact) mass is 373 g/mol. The van der Waals surface area contributed by atoms with Crippen LogP contribution in [0.3, 0.4) is 0 Å². The van der Waals surface area contributed by atoms with Crippen LogP contribution in [-0.4, -0.2) is 56.2 Å². The van der Waals surface area contributed by atoms with Crippen molar-refractivity contribution < 1.29 is 14.3 Å². The van der Waals surface area contributed by atoms with Crippen LogP contribution in [0, 0.1) is 5.92 Å². The number of nitrogens with one attached hydrogen (secondary N) is 1. The molecule has 2 heterocycles. The predicted molar refractivity (Wildman–Crippen MR) is 106 cm³/mol. The van der Waals surface area contributed by atoms with Gasteiger partial charge in [-0.3, -0.25) is 9.69 Å². The highest BCUT2D eigenvalue weighted by Crippen LogP contribution is 2.40. The van der Waals surface area contributed by atoms with Crippen molar-refractivity contribution in [3.63, 3.8) is 0 Å². The Morgan fingerprint density at radius 3 is 2.59 bits per heavy atom. The summed E-state index contributed by atoms with van der Waals surface area (Å²) < 4.78 is 4.98. The van der Waals surface area contributed by atoms with Gasteiger partial charge in [0, 0.05) is 44.4 Å². The van der Waals surface area contributed by atoms with Crippen LogP contribution in [0.5, 0.6) is 0 Å². The lowest BCUT2D eigenvalue weighted by Crippen LogP contribution is -2.50. The number of hydrogen-bond acceptors (Lipinski definition) is 3. The minimum absolute atomic E-state index is 0.0187. The topological polar surface area (TPSA) is 61.9 Å². The Labute approximate surface area is 161 Å². The van der Waals surface area contributed by atoms with Crippen molar-refractivity contribution in [2.75, 3.05) is 38.3 Å². The fourth-order valence-electron chi connectivity index (χ4n) is 4.08. The fourth-order valence-corrected chi connectivity index (χ4v) is 4.08. The molecule has 6 heteroatoms. The molecule has 1 aromatic rings. The Hall–Kier alpha value is -2.08. The second-order valence-corrected chi connectivity index (χ2v) is 7.87. The molecule has 3 rings (SSSR count). The van der Waals surface area contributed by atoms with E-state index in [-0.39, 0.29) is 18.0 Å². The maximum absolute atomic E-state index is 12.9. The number of para-hydroxylation sites is 1. The van der Waals surface area contributed by atoms with Crippen LogP contribution in [0.15, 0.2) is 24.3 Å².